The standard InChI is InChI=1S/C17H21BrClFN2O3/c1-10-9-21(16(24)25-17(2,3)4)5-6-22(10)15(23)11-7-12(18)13(19)8-14(11)20/h7-8,10H,5-6,9H2,1-4H3/t10-/m0/s1. The molecule has 1 fully saturated rings. The van der Waals surface area contributed by atoms with E-state index >= 15 is 0 Å². The van der Waals surface area contributed by atoms with E-state index in [0.717, 1.165) is 6.07 Å². The Hall–Kier alpha value is -1.34. The van der Waals surface area contributed by atoms with Gasteiger partial charge in [0.2, 0.25) is 0 Å². The molecule has 1 aromatic rings. The number of ether oxygens (including phenoxy) is 1. The van der Waals surface area contributed by atoms with E-state index in [4.69, 9.17) is 16.3 Å². The number of amides is 2. The molecule has 2 rings (SSSR count). The molecule has 0 bridgehead atoms. The van der Waals surface area contributed by atoms with Crippen molar-refractivity contribution in [2.24, 2.45) is 0 Å². The van der Waals surface area contributed by atoms with E-state index in [-0.39, 0.29) is 16.6 Å². The van der Waals surface area contributed by atoms with Crippen LogP contribution in [-0.4, -0.2) is 53.1 Å². The molecule has 0 spiro atoms. The molecule has 0 aliphatic carbocycles. The van der Waals surface area contributed by atoms with Crippen LogP contribution >= 0.6 is 27.5 Å². The zero-order valence-corrected chi connectivity index (χ0v) is 16.9. The third kappa shape index (κ3) is 4.85. The number of piperazine rings is 1. The molecule has 1 saturated heterocycles. The van der Waals surface area contributed by atoms with Crippen LogP contribution in [-0.2, 0) is 4.74 Å². The van der Waals surface area contributed by atoms with Crippen LogP contribution in [0.1, 0.15) is 38.1 Å². The normalized spacial score (nSPS) is 18.3. The van der Waals surface area contributed by atoms with E-state index in [1.165, 1.54) is 6.07 Å². The van der Waals surface area contributed by atoms with Crippen molar-refractivity contribution in [3.05, 3.63) is 33.0 Å². The van der Waals surface area contributed by atoms with Gasteiger partial charge < -0.3 is 14.5 Å². The first-order valence-corrected chi connectivity index (χ1v) is 9.10. The number of nitrogens with zero attached hydrogens (tertiary/aromatic N) is 2. The Kier molecular flexibility index (Phi) is 5.99. The molecule has 0 saturated carbocycles. The number of rotatable bonds is 1. The minimum atomic E-state index is -0.667. The number of carbonyl (C=O) groups excluding carboxylic acids is 2. The molecular formula is C17H21BrClFN2O3. The molecule has 1 heterocycles. The van der Waals surface area contributed by atoms with Crippen molar-refractivity contribution in [1.29, 1.82) is 0 Å². The van der Waals surface area contributed by atoms with Crippen LogP contribution in [0.3, 0.4) is 0 Å². The van der Waals surface area contributed by atoms with Crippen LogP contribution in [0, 0.1) is 5.82 Å². The highest BCUT2D eigenvalue weighted by Gasteiger charge is 2.33. The van der Waals surface area contributed by atoms with Crippen molar-refractivity contribution in [1.82, 2.24) is 9.80 Å². The van der Waals surface area contributed by atoms with Gasteiger partial charge in [0.1, 0.15) is 11.4 Å². The van der Waals surface area contributed by atoms with Gasteiger partial charge in [0.25, 0.3) is 5.91 Å². The Balaban J connectivity index is 2.10. The molecule has 2 amide bonds. The van der Waals surface area contributed by atoms with E-state index in [2.05, 4.69) is 15.9 Å². The van der Waals surface area contributed by atoms with Gasteiger partial charge in [0.05, 0.1) is 10.6 Å². The molecule has 0 unspecified atom stereocenters. The molecule has 1 aliphatic rings. The first-order chi connectivity index (χ1) is 11.5. The lowest BCUT2D eigenvalue weighted by Crippen LogP contribution is -2.56. The summed E-state index contributed by atoms with van der Waals surface area (Å²) in [5.41, 5.74) is -0.625. The van der Waals surface area contributed by atoms with Crippen LogP contribution in [0.5, 0.6) is 0 Å². The maximum atomic E-state index is 14.1. The lowest BCUT2D eigenvalue weighted by Gasteiger charge is -2.40. The monoisotopic (exact) mass is 434 g/mol. The minimum absolute atomic E-state index is 0.0474. The third-order valence-corrected chi connectivity index (χ3v) is 4.98. The second-order valence-electron chi connectivity index (χ2n) is 7.02. The first kappa shape index (κ1) is 20.0. The number of benzene rings is 1. The second-order valence-corrected chi connectivity index (χ2v) is 8.28. The molecule has 5 nitrogen and oxygen atoms in total. The van der Waals surface area contributed by atoms with Gasteiger partial charge in [-0.15, -0.1) is 0 Å². The molecular weight excluding hydrogens is 415 g/mol. The van der Waals surface area contributed by atoms with Gasteiger partial charge in [0.15, 0.2) is 0 Å². The average Bonchev–Trinajstić information content (AvgIpc) is 2.48. The Bertz CT molecular complexity index is 693. The molecule has 25 heavy (non-hydrogen) atoms. The Morgan fingerprint density at radius 2 is 1.96 bits per heavy atom. The molecule has 0 radical (unpaired) electrons. The van der Waals surface area contributed by atoms with Gasteiger partial charge >= 0.3 is 6.09 Å². The highest BCUT2D eigenvalue weighted by molar-refractivity contribution is 9.10. The van der Waals surface area contributed by atoms with Gasteiger partial charge in [-0.1, -0.05) is 11.6 Å². The molecule has 138 valence electrons. The van der Waals surface area contributed by atoms with Crippen molar-refractivity contribution in [2.75, 3.05) is 19.6 Å². The Morgan fingerprint density at radius 1 is 1.32 bits per heavy atom. The number of halogens is 3. The summed E-state index contributed by atoms with van der Waals surface area (Å²) < 4.78 is 19.9. The fraction of sp³-hybridized carbons (Fsp3) is 0.529. The Labute approximate surface area is 160 Å². The van der Waals surface area contributed by atoms with E-state index in [0.29, 0.717) is 24.1 Å². The predicted molar refractivity (Wildman–Crippen MR) is 97.4 cm³/mol. The van der Waals surface area contributed by atoms with Crippen LogP contribution in [0.2, 0.25) is 5.02 Å². The summed E-state index contributed by atoms with van der Waals surface area (Å²) in [7, 11) is 0. The zero-order valence-electron chi connectivity index (χ0n) is 14.6. The fourth-order valence-electron chi connectivity index (χ4n) is 2.59. The molecule has 1 atom stereocenters. The average molecular weight is 436 g/mol. The topological polar surface area (TPSA) is 49.9 Å². The molecule has 1 aliphatic heterocycles. The van der Waals surface area contributed by atoms with Crippen LogP contribution in [0.4, 0.5) is 9.18 Å². The quantitative estimate of drug-likeness (QED) is 0.617. The summed E-state index contributed by atoms with van der Waals surface area (Å²) in [4.78, 5) is 28.0. The molecule has 0 N–H and O–H groups in total. The summed E-state index contributed by atoms with van der Waals surface area (Å²) in [5.74, 6) is -1.09. The SMILES string of the molecule is C[C@H]1CN(C(=O)OC(C)(C)C)CCN1C(=O)c1cc(Br)c(Cl)cc1F. The number of hydrogen-bond donors (Lipinski definition) is 0. The highest BCUT2D eigenvalue weighted by Crippen LogP contribution is 2.27. The zero-order chi connectivity index (χ0) is 18.9. The van der Waals surface area contributed by atoms with Gasteiger partial charge in [-0.2, -0.15) is 0 Å². The van der Waals surface area contributed by atoms with Crippen molar-refractivity contribution in [3.8, 4) is 0 Å². The number of hydrogen-bond acceptors (Lipinski definition) is 3. The summed E-state index contributed by atoms with van der Waals surface area (Å²) >= 11 is 9.05. The minimum Gasteiger partial charge on any atom is -0.444 e. The lowest BCUT2D eigenvalue weighted by molar-refractivity contribution is 0.00607. The van der Waals surface area contributed by atoms with Gasteiger partial charge in [0, 0.05) is 30.1 Å². The van der Waals surface area contributed by atoms with E-state index in [1.807, 2.05) is 6.92 Å². The summed E-state index contributed by atoms with van der Waals surface area (Å²) in [6.07, 6.45) is -0.410. The van der Waals surface area contributed by atoms with Gasteiger partial charge in [-0.3, -0.25) is 4.79 Å². The highest BCUT2D eigenvalue weighted by atomic mass is 79.9. The van der Waals surface area contributed by atoms with Gasteiger partial charge in [-0.25, -0.2) is 9.18 Å². The maximum absolute atomic E-state index is 14.1. The summed E-state index contributed by atoms with van der Waals surface area (Å²) in [5, 5.41) is 0.205. The van der Waals surface area contributed by atoms with Crippen LogP contribution < -0.4 is 0 Å². The largest absolute Gasteiger partial charge is 0.444 e. The van der Waals surface area contributed by atoms with E-state index in [1.54, 1.807) is 30.6 Å². The summed E-state index contributed by atoms with van der Waals surface area (Å²) in [6, 6.07) is 2.23. The van der Waals surface area contributed by atoms with Crippen molar-refractivity contribution in [2.45, 2.75) is 39.3 Å². The first-order valence-electron chi connectivity index (χ1n) is 7.93. The van der Waals surface area contributed by atoms with Gasteiger partial charge in [-0.05, 0) is 55.8 Å². The van der Waals surface area contributed by atoms with Crippen LogP contribution in [0.15, 0.2) is 16.6 Å². The molecule has 8 heteroatoms. The Morgan fingerprint density at radius 3 is 2.52 bits per heavy atom. The maximum Gasteiger partial charge on any atom is 0.410 e. The van der Waals surface area contributed by atoms with Crippen molar-refractivity contribution >= 4 is 39.5 Å². The summed E-state index contributed by atoms with van der Waals surface area (Å²) in [6.45, 7) is 8.19. The van der Waals surface area contributed by atoms with Crippen molar-refractivity contribution < 1.29 is 18.7 Å². The van der Waals surface area contributed by atoms with Crippen molar-refractivity contribution in [3.63, 3.8) is 0 Å². The predicted octanol–water partition coefficient (Wildman–Crippen LogP) is 4.32. The van der Waals surface area contributed by atoms with E-state index < -0.39 is 23.4 Å². The number of carbonyl (C=O) groups is 2. The fourth-order valence-corrected chi connectivity index (χ4v) is 3.09. The molecule has 1 aromatic carbocycles. The lowest BCUT2D eigenvalue weighted by atomic mass is 10.1. The second kappa shape index (κ2) is 7.50. The molecule has 0 aromatic heterocycles. The van der Waals surface area contributed by atoms with Crippen LogP contribution in [0.25, 0.3) is 0 Å². The smallest absolute Gasteiger partial charge is 0.410 e. The third-order valence-electron chi connectivity index (χ3n) is 3.78. The van der Waals surface area contributed by atoms with E-state index in [9.17, 15) is 14.0 Å².